The number of likely N-dealkylation sites (N-methyl/N-ethyl adjacent to an activating group) is 1. The second-order valence-electron chi connectivity index (χ2n) is 8.34. The van der Waals surface area contributed by atoms with Gasteiger partial charge in [0.05, 0.1) is 37.9 Å². The van der Waals surface area contributed by atoms with E-state index in [4.69, 9.17) is 14.2 Å². The molecule has 2 heterocycles. The first-order valence-corrected chi connectivity index (χ1v) is 11.2. The van der Waals surface area contributed by atoms with Crippen molar-refractivity contribution in [3.05, 3.63) is 59.4 Å². The molecule has 0 aliphatic carbocycles. The van der Waals surface area contributed by atoms with E-state index in [1.54, 1.807) is 7.11 Å². The first-order chi connectivity index (χ1) is 16.9. The van der Waals surface area contributed by atoms with Crippen LogP contribution in [0, 0.1) is 18.6 Å². The summed E-state index contributed by atoms with van der Waals surface area (Å²) >= 11 is 0. The molecule has 1 aromatic heterocycles. The highest BCUT2D eigenvalue weighted by molar-refractivity contribution is 5.67. The van der Waals surface area contributed by atoms with Crippen molar-refractivity contribution in [1.29, 1.82) is 0 Å². The van der Waals surface area contributed by atoms with Crippen molar-refractivity contribution >= 4 is 17.3 Å². The van der Waals surface area contributed by atoms with Crippen molar-refractivity contribution in [2.45, 2.75) is 13.5 Å². The molecule has 1 aliphatic rings. The number of hydrogen-bond donors (Lipinski definition) is 1. The quantitative estimate of drug-likeness (QED) is 0.510. The smallest absolute Gasteiger partial charge is 0.227 e. The van der Waals surface area contributed by atoms with Gasteiger partial charge in [-0.1, -0.05) is 0 Å². The van der Waals surface area contributed by atoms with Crippen LogP contribution in [-0.2, 0) is 6.61 Å². The van der Waals surface area contributed by atoms with Gasteiger partial charge in [0.2, 0.25) is 5.95 Å². The van der Waals surface area contributed by atoms with Crippen LogP contribution in [0.25, 0.3) is 0 Å². The van der Waals surface area contributed by atoms with E-state index in [1.165, 1.54) is 32.5 Å². The number of ether oxygens (including phenoxy) is 3. The highest BCUT2D eigenvalue weighted by atomic mass is 19.1. The Labute approximate surface area is 203 Å². The number of hydrogen-bond acceptors (Lipinski definition) is 8. The van der Waals surface area contributed by atoms with Crippen LogP contribution < -0.4 is 24.4 Å². The summed E-state index contributed by atoms with van der Waals surface area (Å²) in [6.45, 7) is 5.10. The molecule has 186 valence electrons. The van der Waals surface area contributed by atoms with E-state index in [9.17, 15) is 8.78 Å². The largest absolute Gasteiger partial charge is 0.495 e. The van der Waals surface area contributed by atoms with Gasteiger partial charge in [0, 0.05) is 37.9 Å². The van der Waals surface area contributed by atoms with Gasteiger partial charge in [-0.3, -0.25) is 0 Å². The predicted octanol–water partition coefficient (Wildman–Crippen LogP) is 4.15. The number of piperazine rings is 1. The van der Waals surface area contributed by atoms with Crippen molar-refractivity contribution in [3.63, 3.8) is 0 Å². The Hall–Kier alpha value is -3.66. The summed E-state index contributed by atoms with van der Waals surface area (Å²) in [5, 5.41) is 3.14. The number of benzene rings is 2. The lowest BCUT2D eigenvalue weighted by atomic mass is 10.1. The lowest BCUT2D eigenvalue weighted by molar-refractivity contribution is 0.285. The van der Waals surface area contributed by atoms with Crippen LogP contribution in [0.4, 0.5) is 26.1 Å². The molecular weight excluding hydrogens is 456 g/mol. The zero-order valence-corrected chi connectivity index (χ0v) is 20.3. The monoisotopic (exact) mass is 485 g/mol. The normalized spacial score (nSPS) is 14.1. The van der Waals surface area contributed by atoms with Crippen LogP contribution in [0.1, 0.15) is 11.1 Å². The van der Waals surface area contributed by atoms with E-state index < -0.39 is 11.6 Å². The van der Waals surface area contributed by atoms with Crippen molar-refractivity contribution in [3.8, 4) is 17.2 Å². The average molecular weight is 486 g/mol. The Balaban J connectivity index is 1.41. The minimum Gasteiger partial charge on any atom is -0.495 e. The molecule has 0 radical (unpaired) electrons. The molecular formula is C25H29F2N5O3. The fourth-order valence-corrected chi connectivity index (χ4v) is 3.89. The summed E-state index contributed by atoms with van der Waals surface area (Å²) in [4.78, 5) is 13.1. The Morgan fingerprint density at radius 3 is 2.29 bits per heavy atom. The van der Waals surface area contributed by atoms with E-state index in [-0.39, 0.29) is 29.2 Å². The maximum atomic E-state index is 14.4. The molecule has 4 rings (SSSR count). The summed E-state index contributed by atoms with van der Waals surface area (Å²) in [7, 11) is 5.10. The SMILES string of the molecule is COc1cc(Nc2ncc(OCc3c(F)c(C)cc(OC)c3F)cn2)ccc1N1CCN(C)CC1. The fraction of sp³-hybridized carbons (Fsp3) is 0.360. The zero-order chi connectivity index (χ0) is 24.9. The van der Waals surface area contributed by atoms with Gasteiger partial charge in [-0.25, -0.2) is 18.7 Å². The number of halogens is 2. The third-order valence-electron chi connectivity index (χ3n) is 5.95. The van der Waals surface area contributed by atoms with Crippen molar-refractivity contribution < 1.29 is 23.0 Å². The molecule has 35 heavy (non-hydrogen) atoms. The van der Waals surface area contributed by atoms with Crippen molar-refractivity contribution in [1.82, 2.24) is 14.9 Å². The second kappa shape index (κ2) is 10.7. The maximum Gasteiger partial charge on any atom is 0.227 e. The summed E-state index contributed by atoms with van der Waals surface area (Å²) < 4.78 is 44.9. The molecule has 0 atom stereocenters. The lowest BCUT2D eigenvalue weighted by Crippen LogP contribution is -2.44. The fourth-order valence-electron chi connectivity index (χ4n) is 3.89. The minimum absolute atomic E-state index is 0.0348. The molecule has 8 nitrogen and oxygen atoms in total. The predicted molar refractivity (Wildman–Crippen MR) is 130 cm³/mol. The molecule has 1 saturated heterocycles. The van der Waals surface area contributed by atoms with Crippen LogP contribution in [0.15, 0.2) is 36.7 Å². The van der Waals surface area contributed by atoms with Crippen LogP contribution in [0.3, 0.4) is 0 Å². The lowest BCUT2D eigenvalue weighted by Gasteiger charge is -2.34. The van der Waals surface area contributed by atoms with Crippen LogP contribution in [0.2, 0.25) is 0 Å². The van der Waals surface area contributed by atoms with E-state index in [0.717, 1.165) is 43.3 Å². The summed E-state index contributed by atoms with van der Waals surface area (Å²) in [5.41, 5.74) is 1.87. The topological polar surface area (TPSA) is 72.0 Å². The first kappa shape index (κ1) is 24.5. The number of rotatable bonds is 8. The highest BCUT2D eigenvalue weighted by Crippen LogP contribution is 2.33. The molecule has 10 heteroatoms. The van der Waals surface area contributed by atoms with Gasteiger partial charge in [0.1, 0.15) is 18.2 Å². The van der Waals surface area contributed by atoms with Gasteiger partial charge in [-0.15, -0.1) is 0 Å². The van der Waals surface area contributed by atoms with Gasteiger partial charge >= 0.3 is 0 Å². The highest BCUT2D eigenvalue weighted by Gasteiger charge is 2.19. The Bertz CT molecular complexity index is 1170. The van der Waals surface area contributed by atoms with E-state index >= 15 is 0 Å². The number of anilines is 3. The van der Waals surface area contributed by atoms with E-state index in [1.807, 2.05) is 18.2 Å². The van der Waals surface area contributed by atoms with Crippen LogP contribution in [-0.4, -0.2) is 62.3 Å². The number of nitrogens with one attached hydrogen (secondary N) is 1. The summed E-state index contributed by atoms with van der Waals surface area (Å²) in [6, 6.07) is 7.17. The molecule has 0 saturated carbocycles. The van der Waals surface area contributed by atoms with Gasteiger partial charge in [0.15, 0.2) is 17.3 Å². The van der Waals surface area contributed by atoms with Gasteiger partial charge < -0.3 is 29.3 Å². The summed E-state index contributed by atoms with van der Waals surface area (Å²) in [6.07, 6.45) is 2.88. The Kier molecular flexibility index (Phi) is 7.50. The molecule has 3 aromatic rings. The number of nitrogens with zero attached hydrogens (tertiary/aromatic N) is 4. The third kappa shape index (κ3) is 5.54. The third-order valence-corrected chi connectivity index (χ3v) is 5.95. The Morgan fingerprint density at radius 1 is 0.943 bits per heavy atom. The van der Waals surface area contributed by atoms with Gasteiger partial charge in [-0.05, 0) is 37.7 Å². The standard InChI is InChI=1S/C25H29F2N5O3/c1-16-11-22(34-4)24(27)19(23(16)26)15-35-18-13-28-25(29-14-18)30-17-5-6-20(21(12-17)33-3)32-9-7-31(2)8-10-32/h5-6,11-14H,7-10,15H2,1-4H3,(H,28,29,30). The van der Waals surface area contributed by atoms with Gasteiger partial charge in [0.25, 0.3) is 0 Å². The average Bonchev–Trinajstić information content (AvgIpc) is 2.87. The van der Waals surface area contributed by atoms with E-state index in [0.29, 0.717) is 5.95 Å². The molecule has 0 bridgehead atoms. The zero-order valence-electron chi connectivity index (χ0n) is 20.3. The summed E-state index contributed by atoms with van der Waals surface area (Å²) in [5.74, 6) is -0.107. The molecule has 1 aliphatic heterocycles. The van der Waals surface area contributed by atoms with Crippen LogP contribution >= 0.6 is 0 Å². The number of aryl methyl sites for hydroxylation is 1. The minimum atomic E-state index is -0.788. The van der Waals surface area contributed by atoms with E-state index in [2.05, 4.69) is 32.1 Å². The van der Waals surface area contributed by atoms with Gasteiger partial charge in [-0.2, -0.15) is 0 Å². The molecule has 0 amide bonds. The number of aromatic nitrogens is 2. The first-order valence-electron chi connectivity index (χ1n) is 11.2. The van der Waals surface area contributed by atoms with Crippen molar-refractivity contribution in [2.75, 3.05) is 57.7 Å². The molecule has 2 aromatic carbocycles. The molecule has 0 unspecified atom stereocenters. The molecule has 0 spiro atoms. The van der Waals surface area contributed by atoms with Crippen LogP contribution in [0.5, 0.6) is 17.2 Å². The number of methoxy groups -OCH3 is 2. The maximum absolute atomic E-state index is 14.4. The van der Waals surface area contributed by atoms with Crippen molar-refractivity contribution in [2.24, 2.45) is 0 Å². The molecule has 1 fully saturated rings. The second-order valence-corrected chi connectivity index (χ2v) is 8.34. The molecule has 1 N–H and O–H groups in total. The Morgan fingerprint density at radius 2 is 1.63 bits per heavy atom.